The molecule has 1 aromatic rings. The number of pyridine rings is 1. The van der Waals surface area contributed by atoms with Crippen LogP contribution in [-0.2, 0) is 11.2 Å². The average molecular weight is 278 g/mol. The summed E-state index contributed by atoms with van der Waals surface area (Å²) in [5, 5.41) is 0. The zero-order chi connectivity index (χ0) is 14.4. The number of aromatic nitrogens is 1. The van der Waals surface area contributed by atoms with Crippen LogP contribution in [0.4, 0.5) is 0 Å². The lowest BCUT2D eigenvalue weighted by Gasteiger charge is -2.23. The van der Waals surface area contributed by atoms with E-state index in [1.165, 1.54) is 0 Å². The molecule has 2 heterocycles. The number of rotatable bonds is 6. The lowest BCUT2D eigenvalue weighted by atomic mass is 10.0. The van der Waals surface area contributed by atoms with Gasteiger partial charge in [-0.05, 0) is 44.2 Å². The second-order valence-electron chi connectivity index (χ2n) is 5.64. The largest absolute Gasteiger partial charge is 0.491 e. The molecule has 1 aliphatic rings. The van der Waals surface area contributed by atoms with E-state index < -0.39 is 0 Å². The first-order valence-corrected chi connectivity index (χ1v) is 7.61. The highest BCUT2D eigenvalue weighted by Gasteiger charge is 2.16. The third kappa shape index (κ3) is 4.46. The molecule has 112 valence electrons. The van der Waals surface area contributed by atoms with Crippen molar-refractivity contribution in [3.8, 4) is 5.75 Å². The fourth-order valence-corrected chi connectivity index (χ4v) is 2.39. The van der Waals surface area contributed by atoms with Crippen LogP contribution >= 0.6 is 0 Å². The Balaban J connectivity index is 1.98. The molecular weight excluding hydrogens is 252 g/mol. The molecule has 0 bridgehead atoms. The predicted octanol–water partition coefficient (Wildman–Crippen LogP) is 2.48. The van der Waals surface area contributed by atoms with Crippen LogP contribution in [0.3, 0.4) is 0 Å². The highest BCUT2D eigenvalue weighted by atomic mass is 16.5. The summed E-state index contributed by atoms with van der Waals surface area (Å²) >= 11 is 0. The molecule has 0 aromatic carbocycles. The first-order valence-electron chi connectivity index (χ1n) is 7.61. The molecule has 4 nitrogen and oxygen atoms in total. The van der Waals surface area contributed by atoms with Gasteiger partial charge >= 0.3 is 0 Å². The van der Waals surface area contributed by atoms with E-state index in [0.717, 1.165) is 62.6 Å². The smallest absolute Gasteiger partial charge is 0.140 e. The van der Waals surface area contributed by atoms with Gasteiger partial charge in [-0.2, -0.15) is 0 Å². The van der Waals surface area contributed by atoms with Gasteiger partial charge in [-0.25, -0.2) is 0 Å². The van der Waals surface area contributed by atoms with E-state index >= 15 is 0 Å². The first-order chi connectivity index (χ1) is 9.69. The minimum absolute atomic E-state index is 0.148. The number of aryl methyl sites for hydroxylation is 1. The number of hydrogen-bond donors (Lipinski definition) is 1. The lowest BCUT2D eigenvalue weighted by molar-refractivity contribution is 0.0495. The van der Waals surface area contributed by atoms with Crippen LogP contribution in [0, 0.1) is 12.8 Å². The molecule has 1 saturated heterocycles. The highest BCUT2D eigenvalue weighted by molar-refractivity contribution is 5.30. The van der Waals surface area contributed by atoms with Crippen molar-refractivity contribution in [2.45, 2.75) is 45.6 Å². The van der Waals surface area contributed by atoms with Crippen LogP contribution in [-0.4, -0.2) is 30.8 Å². The fraction of sp³-hybridized carbons (Fsp3) is 0.688. The molecule has 0 amide bonds. The molecule has 1 aliphatic heterocycles. The summed E-state index contributed by atoms with van der Waals surface area (Å²) in [4.78, 5) is 4.60. The summed E-state index contributed by atoms with van der Waals surface area (Å²) in [5.41, 5.74) is 8.06. The lowest BCUT2D eigenvalue weighted by Crippen LogP contribution is -2.24. The molecule has 20 heavy (non-hydrogen) atoms. The van der Waals surface area contributed by atoms with Gasteiger partial charge in [0.15, 0.2) is 0 Å². The summed E-state index contributed by atoms with van der Waals surface area (Å²) in [6, 6.07) is 4.18. The molecule has 1 fully saturated rings. The summed E-state index contributed by atoms with van der Waals surface area (Å²) in [6.45, 7) is 6.57. The Bertz CT molecular complexity index is 417. The van der Waals surface area contributed by atoms with E-state index in [9.17, 15) is 0 Å². The van der Waals surface area contributed by atoms with Gasteiger partial charge in [-0.15, -0.1) is 0 Å². The SMILES string of the molecule is CCC(N)Cc1nc(C)ccc1OCC1CCOCC1. The Kier molecular flexibility index (Phi) is 5.80. The molecule has 2 rings (SSSR count). The van der Waals surface area contributed by atoms with Gasteiger partial charge < -0.3 is 15.2 Å². The standard InChI is InChI=1S/C16H26N2O2/c1-3-14(17)10-15-16(5-4-12(2)18-15)20-11-13-6-8-19-9-7-13/h4-5,13-14H,3,6-11,17H2,1-2H3. The Labute approximate surface area is 121 Å². The van der Waals surface area contributed by atoms with Gasteiger partial charge in [0, 0.05) is 31.4 Å². The second-order valence-corrected chi connectivity index (χ2v) is 5.64. The average Bonchev–Trinajstić information content (AvgIpc) is 2.47. The van der Waals surface area contributed by atoms with Crippen molar-refractivity contribution >= 4 is 0 Å². The molecule has 0 saturated carbocycles. The van der Waals surface area contributed by atoms with Crippen LogP contribution in [0.1, 0.15) is 37.6 Å². The molecule has 1 atom stereocenters. The maximum absolute atomic E-state index is 6.05. The molecule has 1 unspecified atom stereocenters. The first kappa shape index (κ1) is 15.3. The van der Waals surface area contributed by atoms with Crippen molar-refractivity contribution in [2.75, 3.05) is 19.8 Å². The summed E-state index contributed by atoms with van der Waals surface area (Å²) in [5.74, 6) is 1.49. The van der Waals surface area contributed by atoms with E-state index in [1.54, 1.807) is 0 Å². The minimum atomic E-state index is 0.148. The van der Waals surface area contributed by atoms with E-state index in [4.69, 9.17) is 15.2 Å². The molecule has 0 radical (unpaired) electrons. The maximum atomic E-state index is 6.05. The predicted molar refractivity (Wildman–Crippen MR) is 80.0 cm³/mol. The van der Waals surface area contributed by atoms with Crippen LogP contribution in [0.25, 0.3) is 0 Å². The van der Waals surface area contributed by atoms with Crippen LogP contribution in [0.15, 0.2) is 12.1 Å². The zero-order valence-electron chi connectivity index (χ0n) is 12.6. The summed E-state index contributed by atoms with van der Waals surface area (Å²) < 4.78 is 11.4. The Morgan fingerprint density at radius 2 is 2.15 bits per heavy atom. The molecule has 4 heteroatoms. The minimum Gasteiger partial charge on any atom is -0.491 e. The van der Waals surface area contributed by atoms with Crippen LogP contribution < -0.4 is 10.5 Å². The van der Waals surface area contributed by atoms with Crippen LogP contribution in [0.5, 0.6) is 5.75 Å². The number of nitrogens with two attached hydrogens (primary N) is 1. The topological polar surface area (TPSA) is 57.4 Å². The molecule has 1 aromatic heterocycles. The van der Waals surface area contributed by atoms with Gasteiger partial charge in [0.05, 0.1) is 12.3 Å². The number of nitrogens with zero attached hydrogens (tertiary/aromatic N) is 1. The van der Waals surface area contributed by atoms with Crippen molar-refractivity contribution in [3.63, 3.8) is 0 Å². The normalized spacial score (nSPS) is 17.9. The Morgan fingerprint density at radius 1 is 1.40 bits per heavy atom. The zero-order valence-corrected chi connectivity index (χ0v) is 12.6. The Hall–Kier alpha value is -1.13. The van der Waals surface area contributed by atoms with E-state index in [-0.39, 0.29) is 6.04 Å². The van der Waals surface area contributed by atoms with E-state index in [1.807, 2.05) is 19.1 Å². The van der Waals surface area contributed by atoms with Crippen molar-refractivity contribution in [1.82, 2.24) is 4.98 Å². The molecule has 0 aliphatic carbocycles. The van der Waals surface area contributed by atoms with Gasteiger partial charge in [0.2, 0.25) is 0 Å². The van der Waals surface area contributed by atoms with Gasteiger partial charge in [-0.1, -0.05) is 6.92 Å². The number of ether oxygens (including phenoxy) is 2. The summed E-state index contributed by atoms with van der Waals surface area (Å²) in [6.07, 6.45) is 3.91. The third-order valence-electron chi connectivity index (χ3n) is 3.87. The van der Waals surface area contributed by atoms with Crippen LogP contribution in [0.2, 0.25) is 0 Å². The Morgan fingerprint density at radius 3 is 2.85 bits per heavy atom. The maximum Gasteiger partial charge on any atom is 0.140 e. The van der Waals surface area contributed by atoms with Crippen molar-refractivity contribution < 1.29 is 9.47 Å². The van der Waals surface area contributed by atoms with Gasteiger partial charge in [0.1, 0.15) is 5.75 Å². The summed E-state index contributed by atoms with van der Waals surface area (Å²) in [7, 11) is 0. The monoisotopic (exact) mass is 278 g/mol. The quantitative estimate of drug-likeness (QED) is 0.868. The van der Waals surface area contributed by atoms with Crippen molar-refractivity contribution in [2.24, 2.45) is 11.7 Å². The fourth-order valence-electron chi connectivity index (χ4n) is 2.39. The van der Waals surface area contributed by atoms with Gasteiger partial charge in [0.25, 0.3) is 0 Å². The second kappa shape index (κ2) is 7.60. The van der Waals surface area contributed by atoms with E-state index in [0.29, 0.717) is 5.92 Å². The van der Waals surface area contributed by atoms with Crippen molar-refractivity contribution in [1.29, 1.82) is 0 Å². The third-order valence-corrected chi connectivity index (χ3v) is 3.87. The van der Waals surface area contributed by atoms with Gasteiger partial charge in [-0.3, -0.25) is 4.98 Å². The van der Waals surface area contributed by atoms with E-state index in [2.05, 4.69) is 11.9 Å². The molecule has 0 spiro atoms. The molecular formula is C16H26N2O2. The highest BCUT2D eigenvalue weighted by Crippen LogP contribution is 2.22. The number of hydrogen-bond acceptors (Lipinski definition) is 4. The van der Waals surface area contributed by atoms with Crippen molar-refractivity contribution in [3.05, 3.63) is 23.5 Å². The molecule has 2 N–H and O–H groups in total.